The van der Waals surface area contributed by atoms with Crippen LogP contribution in [0, 0.1) is 0 Å². The molecule has 0 spiro atoms. The second kappa shape index (κ2) is 3.21. The molecule has 0 unspecified atom stereocenters. The van der Waals surface area contributed by atoms with Gasteiger partial charge in [0.15, 0.2) is 18.9 Å². The molecule has 1 heterocycles. The van der Waals surface area contributed by atoms with Crippen molar-refractivity contribution in [1.82, 2.24) is 0 Å². The van der Waals surface area contributed by atoms with Crippen molar-refractivity contribution < 1.29 is 14.4 Å². The van der Waals surface area contributed by atoms with Gasteiger partial charge >= 0.3 is 0 Å². The molecule has 0 saturated carbocycles. The molecule has 0 fully saturated rings. The first-order chi connectivity index (χ1) is 5.33. The fourth-order valence-electron chi connectivity index (χ4n) is 0.705. The van der Waals surface area contributed by atoms with E-state index in [1.165, 1.54) is 5.38 Å². The van der Waals surface area contributed by atoms with Gasteiger partial charge < -0.3 is 0 Å². The third kappa shape index (κ3) is 1.25. The third-order valence-corrected chi connectivity index (χ3v) is 2.18. The molecule has 1 aromatic rings. The van der Waals surface area contributed by atoms with E-state index in [4.69, 9.17) is 0 Å². The lowest BCUT2D eigenvalue weighted by molar-refractivity contribution is 0.108. The van der Waals surface area contributed by atoms with E-state index < -0.39 is 0 Å². The fraction of sp³-hybridized carbons (Fsp3) is 0. The zero-order valence-electron chi connectivity index (χ0n) is 5.44. The third-order valence-electron chi connectivity index (χ3n) is 1.24. The van der Waals surface area contributed by atoms with Crippen LogP contribution in [0.15, 0.2) is 5.38 Å². The van der Waals surface area contributed by atoms with Gasteiger partial charge in [0, 0.05) is 16.5 Å². The molecule has 0 atom stereocenters. The van der Waals surface area contributed by atoms with Gasteiger partial charge in [-0.25, -0.2) is 0 Å². The summed E-state index contributed by atoms with van der Waals surface area (Å²) in [7, 11) is 0. The number of thiophene rings is 1. The monoisotopic (exact) mass is 168 g/mol. The van der Waals surface area contributed by atoms with E-state index in [9.17, 15) is 14.4 Å². The normalized spacial score (nSPS) is 9.09. The standard InChI is InChI=1S/C7H4O3S/c8-1-5-4-11-7(3-10)6(5)2-9/h1-4H. The van der Waals surface area contributed by atoms with Crippen LogP contribution in [0.4, 0.5) is 0 Å². The van der Waals surface area contributed by atoms with E-state index in [-0.39, 0.29) is 11.1 Å². The predicted octanol–water partition coefficient (Wildman–Crippen LogP) is 1.19. The van der Waals surface area contributed by atoms with E-state index in [0.717, 1.165) is 11.3 Å². The maximum atomic E-state index is 10.3. The molecule has 4 heteroatoms. The van der Waals surface area contributed by atoms with Crippen LogP contribution in [-0.2, 0) is 0 Å². The largest absolute Gasteiger partial charge is 0.298 e. The zero-order valence-corrected chi connectivity index (χ0v) is 6.26. The summed E-state index contributed by atoms with van der Waals surface area (Å²) in [6.07, 6.45) is 1.65. The molecule has 1 aromatic heterocycles. The topological polar surface area (TPSA) is 51.2 Å². The van der Waals surface area contributed by atoms with E-state index in [0.29, 0.717) is 23.7 Å². The number of hydrogen-bond acceptors (Lipinski definition) is 4. The van der Waals surface area contributed by atoms with Crippen molar-refractivity contribution in [3.05, 3.63) is 21.4 Å². The first-order valence-corrected chi connectivity index (χ1v) is 3.68. The molecule has 0 aliphatic carbocycles. The molecule has 0 amide bonds. The van der Waals surface area contributed by atoms with Gasteiger partial charge in [-0.3, -0.25) is 14.4 Å². The second-order valence-electron chi connectivity index (χ2n) is 1.82. The Hall–Kier alpha value is -1.29. The van der Waals surface area contributed by atoms with Crippen molar-refractivity contribution in [2.24, 2.45) is 0 Å². The molecular weight excluding hydrogens is 164 g/mol. The average molecular weight is 168 g/mol. The fourth-order valence-corrected chi connectivity index (χ4v) is 1.49. The van der Waals surface area contributed by atoms with Crippen molar-refractivity contribution in [2.45, 2.75) is 0 Å². The van der Waals surface area contributed by atoms with Gasteiger partial charge in [0.05, 0.1) is 4.88 Å². The van der Waals surface area contributed by atoms with Crippen LogP contribution in [-0.4, -0.2) is 18.9 Å². The maximum Gasteiger partial charge on any atom is 0.160 e. The second-order valence-corrected chi connectivity index (χ2v) is 2.73. The van der Waals surface area contributed by atoms with Gasteiger partial charge in [-0.05, 0) is 0 Å². The minimum atomic E-state index is 0.194. The Morgan fingerprint density at radius 1 is 1.09 bits per heavy atom. The van der Waals surface area contributed by atoms with Crippen LogP contribution >= 0.6 is 11.3 Å². The number of carbonyl (C=O) groups is 3. The van der Waals surface area contributed by atoms with Crippen LogP contribution in [0.2, 0.25) is 0 Å². The molecule has 0 bridgehead atoms. The summed E-state index contributed by atoms with van der Waals surface area (Å²) in [4.78, 5) is 31.1. The Bertz CT molecular complexity index is 275. The van der Waals surface area contributed by atoms with Crippen molar-refractivity contribution in [1.29, 1.82) is 0 Å². The first-order valence-electron chi connectivity index (χ1n) is 2.80. The minimum absolute atomic E-state index is 0.194. The average Bonchev–Trinajstić information content (AvgIpc) is 2.45. The van der Waals surface area contributed by atoms with Crippen LogP contribution in [0.1, 0.15) is 30.4 Å². The van der Waals surface area contributed by atoms with E-state index in [1.807, 2.05) is 0 Å². The highest BCUT2D eigenvalue weighted by Crippen LogP contribution is 2.17. The lowest BCUT2D eigenvalue weighted by Crippen LogP contribution is -1.88. The van der Waals surface area contributed by atoms with Crippen LogP contribution in [0.25, 0.3) is 0 Å². The first kappa shape index (κ1) is 7.81. The Balaban J connectivity index is 3.29. The zero-order chi connectivity index (χ0) is 8.27. The van der Waals surface area contributed by atoms with Gasteiger partial charge in [-0.1, -0.05) is 0 Å². The van der Waals surface area contributed by atoms with Crippen molar-refractivity contribution in [2.75, 3.05) is 0 Å². The molecule has 0 saturated heterocycles. The molecular formula is C7H4O3S. The molecule has 11 heavy (non-hydrogen) atoms. The van der Waals surface area contributed by atoms with Crippen molar-refractivity contribution >= 4 is 30.2 Å². The highest BCUT2D eigenvalue weighted by molar-refractivity contribution is 7.12. The molecule has 0 radical (unpaired) electrons. The lowest BCUT2D eigenvalue weighted by atomic mass is 10.2. The Kier molecular flexibility index (Phi) is 2.28. The van der Waals surface area contributed by atoms with Crippen molar-refractivity contribution in [3.8, 4) is 0 Å². The number of rotatable bonds is 3. The van der Waals surface area contributed by atoms with Crippen LogP contribution in [0.5, 0.6) is 0 Å². The van der Waals surface area contributed by atoms with Gasteiger partial charge in [0.1, 0.15) is 0 Å². The maximum absolute atomic E-state index is 10.3. The van der Waals surface area contributed by atoms with E-state index >= 15 is 0 Å². The molecule has 0 aliphatic heterocycles. The predicted molar refractivity (Wildman–Crippen MR) is 40.5 cm³/mol. The highest BCUT2D eigenvalue weighted by atomic mass is 32.1. The molecule has 3 nitrogen and oxygen atoms in total. The summed E-state index contributed by atoms with van der Waals surface area (Å²) in [6.45, 7) is 0. The van der Waals surface area contributed by atoms with Gasteiger partial charge in [0.2, 0.25) is 0 Å². The quantitative estimate of drug-likeness (QED) is 0.637. The van der Waals surface area contributed by atoms with Crippen molar-refractivity contribution in [3.63, 3.8) is 0 Å². The van der Waals surface area contributed by atoms with Gasteiger partial charge in [-0.15, -0.1) is 11.3 Å². The SMILES string of the molecule is O=Cc1csc(C=O)c1C=O. The van der Waals surface area contributed by atoms with Crippen LogP contribution < -0.4 is 0 Å². The summed E-state index contributed by atoms with van der Waals surface area (Å²) >= 11 is 1.09. The number of hydrogen-bond donors (Lipinski definition) is 0. The van der Waals surface area contributed by atoms with Gasteiger partial charge in [0.25, 0.3) is 0 Å². The summed E-state index contributed by atoms with van der Waals surface area (Å²) < 4.78 is 0. The molecule has 0 aromatic carbocycles. The smallest absolute Gasteiger partial charge is 0.160 e. The Morgan fingerprint density at radius 3 is 2.27 bits per heavy atom. The van der Waals surface area contributed by atoms with Gasteiger partial charge in [-0.2, -0.15) is 0 Å². The highest BCUT2D eigenvalue weighted by Gasteiger charge is 2.08. The summed E-state index contributed by atoms with van der Waals surface area (Å²) in [5.41, 5.74) is 0.479. The Morgan fingerprint density at radius 2 is 1.82 bits per heavy atom. The molecule has 0 N–H and O–H groups in total. The lowest BCUT2D eigenvalue weighted by Gasteiger charge is -1.84. The van der Waals surface area contributed by atoms with E-state index in [2.05, 4.69) is 0 Å². The minimum Gasteiger partial charge on any atom is -0.298 e. The summed E-state index contributed by atoms with van der Waals surface area (Å²) in [5.74, 6) is 0. The number of aldehydes is 3. The Labute approximate surface area is 66.7 Å². The molecule has 0 aliphatic rings. The summed E-state index contributed by atoms with van der Waals surface area (Å²) in [5, 5.41) is 1.49. The molecule has 56 valence electrons. The number of carbonyl (C=O) groups excluding carboxylic acids is 3. The molecule has 1 rings (SSSR count). The van der Waals surface area contributed by atoms with E-state index in [1.54, 1.807) is 0 Å². The summed E-state index contributed by atoms with van der Waals surface area (Å²) in [6, 6.07) is 0. The van der Waals surface area contributed by atoms with Crippen LogP contribution in [0.3, 0.4) is 0 Å².